The van der Waals surface area contributed by atoms with Crippen molar-refractivity contribution in [3.63, 3.8) is 0 Å². The SMILES string of the molecule is CN1C(=O)/C(=C\c2ccc(-c3cccc(C(=O)O)c3)o2)C(=O)N(c2ccccc2)C1=S. The number of para-hydroxylation sites is 1. The van der Waals surface area contributed by atoms with Crippen LogP contribution in [0, 0.1) is 0 Å². The zero-order chi connectivity index (χ0) is 22.1. The molecule has 2 aromatic carbocycles. The van der Waals surface area contributed by atoms with Gasteiger partial charge in [0.15, 0.2) is 5.11 Å². The number of benzene rings is 2. The van der Waals surface area contributed by atoms with Gasteiger partial charge >= 0.3 is 5.97 Å². The highest BCUT2D eigenvalue weighted by molar-refractivity contribution is 7.80. The second-order valence-electron chi connectivity index (χ2n) is 6.77. The summed E-state index contributed by atoms with van der Waals surface area (Å²) in [5, 5.41) is 9.25. The molecule has 0 radical (unpaired) electrons. The predicted molar refractivity (Wildman–Crippen MR) is 118 cm³/mol. The summed E-state index contributed by atoms with van der Waals surface area (Å²) in [4.78, 5) is 39.6. The average molecular weight is 432 g/mol. The molecule has 0 aliphatic carbocycles. The van der Waals surface area contributed by atoms with Crippen molar-refractivity contribution < 1.29 is 23.9 Å². The van der Waals surface area contributed by atoms with E-state index in [-0.39, 0.29) is 22.0 Å². The minimum atomic E-state index is -1.05. The van der Waals surface area contributed by atoms with Gasteiger partial charge in [0.2, 0.25) is 0 Å². The van der Waals surface area contributed by atoms with Gasteiger partial charge in [-0.25, -0.2) is 4.79 Å². The number of carbonyl (C=O) groups is 3. The van der Waals surface area contributed by atoms with Crippen molar-refractivity contribution in [2.24, 2.45) is 0 Å². The molecule has 1 saturated heterocycles. The van der Waals surface area contributed by atoms with Crippen LogP contribution in [-0.4, -0.2) is 40.0 Å². The van der Waals surface area contributed by atoms with Gasteiger partial charge in [0.25, 0.3) is 11.8 Å². The third-order valence-electron chi connectivity index (χ3n) is 4.77. The number of furan rings is 1. The van der Waals surface area contributed by atoms with Gasteiger partial charge < -0.3 is 9.52 Å². The first-order valence-electron chi connectivity index (χ1n) is 9.23. The van der Waals surface area contributed by atoms with Gasteiger partial charge in [0.1, 0.15) is 17.1 Å². The number of rotatable bonds is 4. The summed E-state index contributed by atoms with van der Waals surface area (Å²) in [7, 11) is 1.51. The summed E-state index contributed by atoms with van der Waals surface area (Å²) in [6.07, 6.45) is 1.36. The van der Waals surface area contributed by atoms with Crippen molar-refractivity contribution in [1.82, 2.24) is 4.90 Å². The van der Waals surface area contributed by atoms with Crippen LogP contribution < -0.4 is 4.90 Å². The lowest BCUT2D eigenvalue weighted by Gasteiger charge is -2.34. The maximum absolute atomic E-state index is 13.1. The Bertz CT molecular complexity index is 1250. The van der Waals surface area contributed by atoms with Crippen LogP contribution in [0.3, 0.4) is 0 Å². The number of likely N-dealkylation sites (N-methyl/N-ethyl adjacent to an activating group) is 1. The summed E-state index contributed by atoms with van der Waals surface area (Å²) < 4.78 is 5.76. The molecule has 7 nitrogen and oxygen atoms in total. The van der Waals surface area contributed by atoms with E-state index in [0.29, 0.717) is 17.0 Å². The molecule has 3 aromatic rings. The molecule has 2 heterocycles. The Hall–Kier alpha value is -4.04. The quantitative estimate of drug-likeness (QED) is 0.383. The molecule has 1 N–H and O–H groups in total. The molecule has 0 unspecified atom stereocenters. The zero-order valence-electron chi connectivity index (χ0n) is 16.3. The standard InChI is InChI=1S/C23H16N2O5S/c1-24-20(26)18(21(27)25(23(24)31)16-8-3-2-4-9-16)13-17-10-11-19(30-17)14-6-5-7-15(12-14)22(28)29/h2-13H,1H3,(H,28,29)/b18-13+. The number of carboxylic acid groups (broad SMARTS) is 1. The molecule has 1 aromatic heterocycles. The Labute approximate surface area is 182 Å². The summed E-state index contributed by atoms with van der Waals surface area (Å²) in [6.45, 7) is 0. The first-order chi connectivity index (χ1) is 14.9. The molecule has 31 heavy (non-hydrogen) atoms. The summed E-state index contributed by atoms with van der Waals surface area (Å²) >= 11 is 5.32. The number of amides is 2. The second kappa shape index (κ2) is 8.00. The van der Waals surface area contributed by atoms with E-state index in [2.05, 4.69) is 0 Å². The maximum Gasteiger partial charge on any atom is 0.335 e. The molecule has 8 heteroatoms. The predicted octanol–water partition coefficient (Wildman–Crippen LogP) is 3.82. The van der Waals surface area contributed by atoms with E-state index >= 15 is 0 Å². The molecule has 1 fully saturated rings. The molecule has 1 aliphatic rings. The smallest absolute Gasteiger partial charge is 0.335 e. The zero-order valence-corrected chi connectivity index (χ0v) is 17.1. The first-order valence-corrected chi connectivity index (χ1v) is 9.64. The van der Waals surface area contributed by atoms with Gasteiger partial charge in [0, 0.05) is 12.6 Å². The number of thiocarbonyl (C=S) groups is 1. The lowest BCUT2D eigenvalue weighted by Crippen LogP contribution is -2.54. The Balaban J connectivity index is 1.70. The van der Waals surface area contributed by atoms with Gasteiger partial charge in [-0.1, -0.05) is 30.3 Å². The number of carboxylic acids is 1. The van der Waals surface area contributed by atoms with Crippen LogP contribution in [0.25, 0.3) is 17.4 Å². The highest BCUT2D eigenvalue weighted by atomic mass is 32.1. The topological polar surface area (TPSA) is 91.1 Å². The second-order valence-corrected chi connectivity index (χ2v) is 7.13. The minimum Gasteiger partial charge on any atom is -0.478 e. The monoisotopic (exact) mass is 432 g/mol. The highest BCUT2D eigenvalue weighted by Crippen LogP contribution is 2.28. The lowest BCUT2D eigenvalue weighted by molar-refractivity contribution is -0.127. The molecule has 0 bridgehead atoms. The molecule has 1 aliphatic heterocycles. The number of anilines is 1. The summed E-state index contributed by atoms with van der Waals surface area (Å²) in [5.74, 6) is -1.44. The first kappa shape index (κ1) is 20.2. The third-order valence-corrected chi connectivity index (χ3v) is 5.23. The maximum atomic E-state index is 13.1. The molecular formula is C23H16N2O5S. The van der Waals surface area contributed by atoms with Crippen LogP contribution in [0.15, 0.2) is 76.7 Å². The molecule has 0 atom stereocenters. The third kappa shape index (κ3) is 3.76. The van der Waals surface area contributed by atoms with Crippen molar-refractivity contribution in [1.29, 1.82) is 0 Å². The van der Waals surface area contributed by atoms with Gasteiger partial charge in [-0.15, -0.1) is 0 Å². The Morgan fingerprint density at radius 2 is 1.74 bits per heavy atom. The largest absolute Gasteiger partial charge is 0.478 e. The summed E-state index contributed by atoms with van der Waals surface area (Å²) in [5.41, 5.74) is 1.14. The van der Waals surface area contributed by atoms with Crippen molar-refractivity contribution in [2.75, 3.05) is 11.9 Å². The summed E-state index contributed by atoms with van der Waals surface area (Å²) in [6, 6.07) is 18.4. The fourth-order valence-corrected chi connectivity index (χ4v) is 3.45. The molecule has 4 rings (SSSR count). The highest BCUT2D eigenvalue weighted by Gasteiger charge is 2.38. The van der Waals surface area contributed by atoms with Crippen LogP contribution in [0.4, 0.5) is 5.69 Å². The van der Waals surface area contributed by atoms with E-state index in [1.807, 2.05) is 6.07 Å². The van der Waals surface area contributed by atoms with Gasteiger partial charge in [-0.05, 0) is 54.7 Å². The van der Waals surface area contributed by atoms with Gasteiger partial charge in [0.05, 0.1) is 11.3 Å². The van der Waals surface area contributed by atoms with E-state index in [9.17, 15) is 14.4 Å². The fraction of sp³-hybridized carbons (Fsp3) is 0.0435. The Morgan fingerprint density at radius 3 is 2.45 bits per heavy atom. The van der Waals surface area contributed by atoms with E-state index in [0.717, 1.165) is 0 Å². The lowest BCUT2D eigenvalue weighted by atomic mass is 10.1. The number of aromatic carboxylic acids is 1. The van der Waals surface area contributed by atoms with E-state index < -0.39 is 17.8 Å². The number of hydrogen-bond acceptors (Lipinski definition) is 5. The van der Waals surface area contributed by atoms with Crippen molar-refractivity contribution in [3.05, 3.63) is 83.6 Å². The van der Waals surface area contributed by atoms with Crippen LogP contribution in [-0.2, 0) is 9.59 Å². The number of nitrogens with zero attached hydrogens (tertiary/aromatic N) is 2. The van der Waals surface area contributed by atoms with E-state index in [1.165, 1.54) is 35.1 Å². The van der Waals surface area contributed by atoms with Crippen molar-refractivity contribution in [2.45, 2.75) is 0 Å². The van der Waals surface area contributed by atoms with Crippen LogP contribution >= 0.6 is 12.2 Å². The Kier molecular flexibility index (Phi) is 5.22. The minimum absolute atomic E-state index is 0.0870. The van der Waals surface area contributed by atoms with Gasteiger partial charge in [-0.2, -0.15) is 0 Å². The van der Waals surface area contributed by atoms with Crippen LogP contribution in [0.2, 0.25) is 0 Å². The van der Waals surface area contributed by atoms with Crippen molar-refractivity contribution in [3.8, 4) is 11.3 Å². The molecule has 2 amide bonds. The number of carbonyl (C=O) groups excluding carboxylic acids is 2. The average Bonchev–Trinajstić information content (AvgIpc) is 3.25. The van der Waals surface area contributed by atoms with Gasteiger partial charge in [-0.3, -0.25) is 19.4 Å². The Morgan fingerprint density at radius 1 is 1.00 bits per heavy atom. The molecule has 0 saturated carbocycles. The molecule has 0 spiro atoms. The fourth-order valence-electron chi connectivity index (χ4n) is 3.18. The van der Waals surface area contributed by atoms with E-state index in [4.69, 9.17) is 21.7 Å². The normalized spacial score (nSPS) is 15.6. The van der Waals surface area contributed by atoms with Crippen LogP contribution in [0.1, 0.15) is 16.1 Å². The number of hydrogen-bond donors (Lipinski definition) is 1. The van der Waals surface area contributed by atoms with E-state index in [1.54, 1.807) is 48.5 Å². The van der Waals surface area contributed by atoms with Crippen molar-refractivity contribution >= 4 is 46.9 Å². The molecular weight excluding hydrogens is 416 g/mol. The van der Waals surface area contributed by atoms with Crippen LogP contribution in [0.5, 0.6) is 0 Å². The molecule has 154 valence electrons.